The van der Waals surface area contributed by atoms with Crippen molar-refractivity contribution < 1.29 is 23.7 Å². The van der Waals surface area contributed by atoms with Gasteiger partial charge in [-0.1, -0.05) is 0 Å². The summed E-state index contributed by atoms with van der Waals surface area (Å²) in [7, 11) is 0. The van der Waals surface area contributed by atoms with Crippen LogP contribution in [-0.2, 0) is 0 Å². The van der Waals surface area contributed by atoms with Gasteiger partial charge in [0.25, 0.3) is 5.91 Å². The summed E-state index contributed by atoms with van der Waals surface area (Å²) >= 11 is 0. The second kappa shape index (κ2) is 4.72. The van der Waals surface area contributed by atoms with Crippen LogP contribution in [0.2, 0.25) is 0 Å². The van der Waals surface area contributed by atoms with Gasteiger partial charge in [0, 0.05) is 0 Å². The minimum Gasteiger partial charge on any atom is -0.478 e. The van der Waals surface area contributed by atoms with E-state index in [2.05, 4.69) is 20.3 Å². The molecule has 0 bridgehead atoms. The zero-order valence-corrected chi connectivity index (χ0v) is 9.25. The lowest BCUT2D eigenvalue weighted by atomic mass is 10.2. The van der Waals surface area contributed by atoms with Crippen molar-refractivity contribution in [2.45, 2.75) is 0 Å². The molecular weight excluding hydrogens is 259 g/mol. The molecule has 2 aromatic rings. The summed E-state index contributed by atoms with van der Waals surface area (Å²) in [5.41, 5.74) is 4.49. The maximum atomic E-state index is 13.4. The number of carboxylic acids is 1. The first-order valence-corrected chi connectivity index (χ1v) is 4.91. The zero-order chi connectivity index (χ0) is 14.0. The maximum Gasteiger partial charge on any atom is 0.335 e. The number of hydrogen-bond acceptors (Lipinski definition) is 6. The average Bonchev–Trinajstić information content (AvgIpc) is 2.78. The van der Waals surface area contributed by atoms with Crippen molar-refractivity contribution in [1.29, 1.82) is 0 Å². The highest BCUT2D eigenvalue weighted by Crippen LogP contribution is 2.18. The molecule has 4 N–H and O–H groups in total. The number of rotatable bonds is 3. The van der Waals surface area contributed by atoms with Crippen molar-refractivity contribution in [3.8, 4) is 0 Å². The van der Waals surface area contributed by atoms with Crippen LogP contribution in [0.4, 0.5) is 15.9 Å². The Morgan fingerprint density at radius 3 is 2.68 bits per heavy atom. The highest BCUT2D eigenvalue weighted by atomic mass is 19.1. The summed E-state index contributed by atoms with van der Waals surface area (Å²) in [5, 5.41) is 17.3. The Hall–Kier alpha value is -2.97. The van der Waals surface area contributed by atoms with Crippen molar-refractivity contribution >= 4 is 23.4 Å². The number of nitrogens with zero attached hydrogens (tertiary/aromatic N) is 2. The molecule has 0 aliphatic carbocycles. The van der Waals surface area contributed by atoms with Crippen LogP contribution in [0.15, 0.2) is 22.8 Å². The van der Waals surface area contributed by atoms with E-state index in [9.17, 15) is 14.0 Å². The summed E-state index contributed by atoms with van der Waals surface area (Å²) in [5.74, 6) is -3.17. The minimum atomic E-state index is -1.25. The standard InChI is InChI=1S/C10H7FN4O4/c11-5-2-1-4(10(17)18)3-6(5)13-9(16)7-8(12)15-19-14-7/h1-3H,(H2,12,15)(H,13,16)(H,17,18). The normalized spacial score (nSPS) is 10.2. The van der Waals surface area contributed by atoms with Gasteiger partial charge in [0.05, 0.1) is 11.3 Å². The van der Waals surface area contributed by atoms with Gasteiger partial charge >= 0.3 is 5.97 Å². The lowest BCUT2D eigenvalue weighted by Crippen LogP contribution is -2.15. The van der Waals surface area contributed by atoms with Gasteiger partial charge in [-0.2, -0.15) is 0 Å². The van der Waals surface area contributed by atoms with Crippen LogP contribution in [0, 0.1) is 5.82 Å². The van der Waals surface area contributed by atoms with Crippen LogP contribution < -0.4 is 11.1 Å². The molecule has 1 heterocycles. The maximum absolute atomic E-state index is 13.4. The van der Waals surface area contributed by atoms with E-state index in [1.54, 1.807) is 0 Å². The monoisotopic (exact) mass is 266 g/mol. The third kappa shape index (κ3) is 2.49. The number of nitrogens with two attached hydrogens (primary N) is 1. The fraction of sp³-hybridized carbons (Fsp3) is 0. The van der Waals surface area contributed by atoms with Crippen LogP contribution in [0.5, 0.6) is 0 Å². The van der Waals surface area contributed by atoms with Gasteiger partial charge in [-0.3, -0.25) is 4.79 Å². The lowest BCUT2D eigenvalue weighted by molar-refractivity contribution is 0.0696. The number of carbonyl (C=O) groups is 2. The number of hydrogen-bond donors (Lipinski definition) is 3. The van der Waals surface area contributed by atoms with Crippen LogP contribution >= 0.6 is 0 Å². The molecule has 98 valence electrons. The van der Waals surface area contributed by atoms with Crippen molar-refractivity contribution in [2.24, 2.45) is 0 Å². The second-order valence-electron chi connectivity index (χ2n) is 3.45. The number of carbonyl (C=O) groups excluding carboxylic acids is 1. The Kier molecular flexibility index (Phi) is 3.10. The highest BCUT2D eigenvalue weighted by molar-refractivity contribution is 6.06. The molecule has 0 saturated heterocycles. The number of benzene rings is 1. The number of carboxylic acid groups (broad SMARTS) is 1. The van der Waals surface area contributed by atoms with E-state index in [0.29, 0.717) is 0 Å². The van der Waals surface area contributed by atoms with Crippen molar-refractivity contribution in [2.75, 3.05) is 11.1 Å². The van der Waals surface area contributed by atoms with Gasteiger partial charge in [-0.15, -0.1) is 0 Å². The lowest BCUT2D eigenvalue weighted by Gasteiger charge is -2.05. The number of anilines is 2. The third-order valence-electron chi connectivity index (χ3n) is 2.19. The highest BCUT2D eigenvalue weighted by Gasteiger charge is 2.18. The molecule has 19 heavy (non-hydrogen) atoms. The summed E-state index contributed by atoms with van der Waals surface area (Å²) in [6, 6.07) is 2.96. The Morgan fingerprint density at radius 1 is 1.37 bits per heavy atom. The van der Waals surface area contributed by atoms with E-state index < -0.39 is 17.7 Å². The second-order valence-corrected chi connectivity index (χ2v) is 3.45. The van der Waals surface area contributed by atoms with E-state index >= 15 is 0 Å². The fourth-order valence-electron chi connectivity index (χ4n) is 1.29. The Morgan fingerprint density at radius 2 is 2.11 bits per heavy atom. The molecule has 1 aromatic carbocycles. The van der Waals surface area contributed by atoms with Crippen LogP contribution in [-0.4, -0.2) is 27.3 Å². The first kappa shape index (κ1) is 12.5. The number of halogens is 1. The molecule has 0 fully saturated rings. The molecule has 2 rings (SSSR count). The van der Waals surface area contributed by atoms with E-state index in [1.807, 2.05) is 0 Å². The van der Waals surface area contributed by atoms with Crippen LogP contribution in [0.25, 0.3) is 0 Å². The number of amides is 1. The van der Waals surface area contributed by atoms with Crippen LogP contribution in [0.3, 0.4) is 0 Å². The van der Waals surface area contributed by atoms with Gasteiger partial charge in [0.2, 0.25) is 11.5 Å². The Bertz CT molecular complexity index is 655. The van der Waals surface area contributed by atoms with Gasteiger partial charge in [0.15, 0.2) is 0 Å². The molecule has 8 nitrogen and oxygen atoms in total. The van der Waals surface area contributed by atoms with Crippen molar-refractivity contribution in [3.05, 3.63) is 35.3 Å². The Labute approximate surface area is 105 Å². The largest absolute Gasteiger partial charge is 0.478 e. The summed E-state index contributed by atoms with van der Waals surface area (Å²) < 4.78 is 17.7. The van der Waals surface area contributed by atoms with Gasteiger partial charge in [-0.25, -0.2) is 13.8 Å². The van der Waals surface area contributed by atoms with Crippen molar-refractivity contribution in [1.82, 2.24) is 10.3 Å². The van der Waals surface area contributed by atoms with Gasteiger partial charge in [-0.05, 0) is 28.5 Å². The third-order valence-corrected chi connectivity index (χ3v) is 2.19. The molecule has 0 radical (unpaired) electrons. The molecule has 0 spiro atoms. The van der Waals surface area contributed by atoms with Gasteiger partial charge < -0.3 is 16.2 Å². The molecule has 1 amide bonds. The average molecular weight is 266 g/mol. The first-order valence-electron chi connectivity index (χ1n) is 4.91. The van der Waals surface area contributed by atoms with Crippen LogP contribution in [0.1, 0.15) is 20.8 Å². The smallest absolute Gasteiger partial charge is 0.335 e. The summed E-state index contributed by atoms with van der Waals surface area (Å²) in [4.78, 5) is 22.4. The van der Waals surface area contributed by atoms with E-state index in [-0.39, 0.29) is 22.8 Å². The zero-order valence-electron chi connectivity index (χ0n) is 9.25. The molecule has 0 unspecified atom stereocenters. The van der Waals surface area contributed by atoms with E-state index in [4.69, 9.17) is 10.8 Å². The predicted octanol–water partition coefficient (Wildman–Crippen LogP) is 0.741. The molecular formula is C10H7FN4O4. The van der Waals surface area contributed by atoms with Crippen molar-refractivity contribution in [3.63, 3.8) is 0 Å². The fourth-order valence-corrected chi connectivity index (χ4v) is 1.29. The Balaban J connectivity index is 2.28. The van der Waals surface area contributed by atoms with E-state index in [0.717, 1.165) is 18.2 Å². The quantitative estimate of drug-likeness (QED) is 0.746. The summed E-state index contributed by atoms with van der Waals surface area (Å²) in [6.07, 6.45) is 0. The van der Waals surface area contributed by atoms with E-state index in [1.165, 1.54) is 0 Å². The molecule has 0 aliphatic heterocycles. The molecule has 9 heteroatoms. The summed E-state index contributed by atoms with van der Waals surface area (Å²) in [6.45, 7) is 0. The number of aromatic carboxylic acids is 1. The SMILES string of the molecule is Nc1nonc1C(=O)Nc1cc(C(=O)O)ccc1F. The minimum absolute atomic E-state index is 0.178. The molecule has 0 saturated carbocycles. The molecule has 1 aromatic heterocycles. The predicted molar refractivity (Wildman–Crippen MR) is 60.0 cm³/mol. The number of aromatic nitrogens is 2. The molecule has 0 atom stereocenters. The number of nitrogen functional groups attached to an aromatic ring is 1. The number of nitrogens with one attached hydrogen (secondary N) is 1. The van der Waals surface area contributed by atoms with Gasteiger partial charge in [0.1, 0.15) is 5.82 Å². The topological polar surface area (TPSA) is 131 Å². The first-order chi connectivity index (χ1) is 8.99. The molecule has 0 aliphatic rings.